The van der Waals surface area contributed by atoms with Crippen LogP contribution in [-0.4, -0.2) is 7.05 Å². The van der Waals surface area contributed by atoms with Crippen molar-refractivity contribution in [2.45, 2.75) is 24.8 Å². The molecule has 0 aromatic heterocycles. The van der Waals surface area contributed by atoms with Crippen LogP contribution in [0.15, 0.2) is 36.4 Å². The molecule has 0 unspecified atom stereocenters. The molecule has 0 bridgehead atoms. The first-order valence-electron chi connectivity index (χ1n) is 7.01. The van der Waals surface area contributed by atoms with Gasteiger partial charge in [0.05, 0.1) is 5.02 Å². The summed E-state index contributed by atoms with van der Waals surface area (Å²) in [4.78, 5) is 0. The van der Waals surface area contributed by atoms with Crippen LogP contribution in [0.4, 0.5) is 8.78 Å². The topological polar surface area (TPSA) is 12.0 Å². The van der Waals surface area contributed by atoms with E-state index in [4.69, 9.17) is 11.6 Å². The van der Waals surface area contributed by atoms with Crippen molar-refractivity contribution < 1.29 is 8.78 Å². The molecule has 0 saturated heterocycles. The van der Waals surface area contributed by atoms with E-state index in [9.17, 15) is 8.78 Å². The minimum Gasteiger partial charge on any atom is -0.313 e. The van der Waals surface area contributed by atoms with Crippen LogP contribution in [-0.2, 0) is 0 Å². The van der Waals surface area contributed by atoms with Gasteiger partial charge in [-0.05, 0) is 60.8 Å². The Kier molecular flexibility index (Phi) is 3.96. The predicted octanol–water partition coefficient (Wildman–Crippen LogP) is 4.80. The van der Waals surface area contributed by atoms with E-state index in [-0.39, 0.29) is 22.8 Å². The van der Waals surface area contributed by atoms with Gasteiger partial charge in [0.1, 0.15) is 11.6 Å². The Morgan fingerprint density at radius 3 is 2.57 bits per heavy atom. The van der Waals surface area contributed by atoms with Crippen molar-refractivity contribution in [3.8, 4) is 0 Å². The van der Waals surface area contributed by atoms with Crippen LogP contribution in [0.5, 0.6) is 0 Å². The van der Waals surface area contributed by atoms with Gasteiger partial charge < -0.3 is 5.32 Å². The summed E-state index contributed by atoms with van der Waals surface area (Å²) in [6.07, 6.45) is 1.83. The van der Waals surface area contributed by atoms with E-state index in [1.165, 1.54) is 12.1 Å². The second-order valence-electron chi connectivity index (χ2n) is 5.42. The summed E-state index contributed by atoms with van der Waals surface area (Å²) in [6.45, 7) is 0. The maximum atomic E-state index is 13.7. The van der Waals surface area contributed by atoms with Crippen molar-refractivity contribution in [1.82, 2.24) is 5.32 Å². The largest absolute Gasteiger partial charge is 0.313 e. The van der Waals surface area contributed by atoms with Crippen LogP contribution < -0.4 is 5.32 Å². The zero-order valence-electron chi connectivity index (χ0n) is 11.7. The van der Waals surface area contributed by atoms with Gasteiger partial charge in [-0.1, -0.05) is 23.7 Å². The molecule has 0 saturated carbocycles. The zero-order chi connectivity index (χ0) is 15.0. The molecule has 2 aromatic carbocycles. The molecule has 0 radical (unpaired) electrons. The fourth-order valence-electron chi connectivity index (χ4n) is 3.18. The standard InChI is InChI=1S/C17H16ClF2N/c1-21-17-7-5-12(10-2-6-16(20)15(18)8-10)14-9-11(19)3-4-13(14)17/h2-4,6,8-9,12,17,21H,5,7H2,1H3/t12-,17-/m0/s1. The highest BCUT2D eigenvalue weighted by molar-refractivity contribution is 6.30. The summed E-state index contributed by atoms with van der Waals surface area (Å²) in [6, 6.07) is 9.90. The van der Waals surface area contributed by atoms with E-state index >= 15 is 0 Å². The first kappa shape index (κ1) is 14.5. The van der Waals surface area contributed by atoms with Crippen LogP contribution >= 0.6 is 11.6 Å². The molecule has 3 rings (SSSR count). The van der Waals surface area contributed by atoms with Gasteiger partial charge in [-0.15, -0.1) is 0 Å². The molecule has 0 heterocycles. The minimum atomic E-state index is -0.427. The lowest BCUT2D eigenvalue weighted by Crippen LogP contribution is -2.24. The van der Waals surface area contributed by atoms with E-state index in [1.54, 1.807) is 18.2 Å². The molecule has 4 heteroatoms. The van der Waals surface area contributed by atoms with Crippen molar-refractivity contribution >= 4 is 11.6 Å². The molecule has 2 atom stereocenters. The third-order valence-electron chi connectivity index (χ3n) is 4.24. The highest BCUT2D eigenvalue weighted by atomic mass is 35.5. The van der Waals surface area contributed by atoms with Crippen molar-refractivity contribution in [1.29, 1.82) is 0 Å². The quantitative estimate of drug-likeness (QED) is 0.840. The maximum Gasteiger partial charge on any atom is 0.141 e. The Balaban J connectivity index is 2.08. The number of fused-ring (bicyclic) bond motifs is 1. The molecule has 0 fully saturated rings. The molecule has 1 nitrogen and oxygen atoms in total. The number of hydrogen-bond donors (Lipinski definition) is 1. The van der Waals surface area contributed by atoms with Crippen LogP contribution in [0.1, 0.15) is 41.5 Å². The second-order valence-corrected chi connectivity index (χ2v) is 5.83. The Morgan fingerprint density at radius 1 is 1.05 bits per heavy atom. The van der Waals surface area contributed by atoms with Gasteiger partial charge in [0.15, 0.2) is 0 Å². The molecule has 0 spiro atoms. The number of rotatable bonds is 2. The Labute approximate surface area is 127 Å². The van der Waals surface area contributed by atoms with Gasteiger partial charge in [-0.25, -0.2) is 8.78 Å². The number of benzene rings is 2. The molecule has 21 heavy (non-hydrogen) atoms. The summed E-state index contributed by atoms with van der Waals surface area (Å²) in [5.74, 6) is -0.620. The van der Waals surface area contributed by atoms with Crippen molar-refractivity contribution in [2.24, 2.45) is 0 Å². The highest BCUT2D eigenvalue weighted by Gasteiger charge is 2.28. The van der Waals surface area contributed by atoms with E-state index in [1.807, 2.05) is 13.1 Å². The summed E-state index contributed by atoms with van der Waals surface area (Å²) >= 11 is 5.89. The molecule has 1 aliphatic rings. The van der Waals surface area contributed by atoms with Gasteiger partial charge in [0.25, 0.3) is 0 Å². The lowest BCUT2D eigenvalue weighted by molar-refractivity contribution is 0.467. The predicted molar refractivity (Wildman–Crippen MR) is 80.7 cm³/mol. The monoisotopic (exact) mass is 307 g/mol. The molecular formula is C17H16ClF2N. The molecule has 1 aliphatic carbocycles. The van der Waals surface area contributed by atoms with Crippen molar-refractivity contribution in [3.05, 3.63) is 69.7 Å². The van der Waals surface area contributed by atoms with Crippen molar-refractivity contribution in [3.63, 3.8) is 0 Å². The maximum absolute atomic E-state index is 13.7. The normalized spacial score (nSPS) is 21.1. The molecule has 0 amide bonds. The van der Waals surface area contributed by atoms with E-state index in [0.717, 1.165) is 29.5 Å². The first-order valence-corrected chi connectivity index (χ1v) is 7.39. The van der Waals surface area contributed by atoms with E-state index < -0.39 is 5.82 Å². The number of halogens is 3. The van der Waals surface area contributed by atoms with E-state index in [2.05, 4.69) is 5.32 Å². The molecule has 1 N–H and O–H groups in total. The number of nitrogens with one attached hydrogen (secondary N) is 1. The van der Waals surface area contributed by atoms with Crippen LogP contribution in [0.2, 0.25) is 5.02 Å². The Bertz CT molecular complexity index is 672. The summed E-state index contributed by atoms with van der Waals surface area (Å²) < 4.78 is 27.0. The van der Waals surface area contributed by atoms with Crippen LogP contribution in [0, 0.1) is 11.6 Å². The van der Waals surface area contributed by atoms with Crippen LogP contribution in [0.3, 0.4) is 0 Å². The van der Waals surface area contributed by atoms with Crippen LogP contribution in [0.25, 0.3) is 0 Å². The smallest absolute Gasteiger partial charge is 0.141 e. The zero-order valence-corrected chi connectivity index (χ0v) is 12.4. The first-order chi connectivity index (χ1) is 10.1. The van der Waals surface area contributed by atoms with Gasteiger partial charge in [0, 0.05) is 12.0 Å². The number of hydrogen-bond acceptors (Lipinski definition) is 1. The van der Waals surface area contributed by atoms with E-state index in [0.29, 0.717) is 0 Å². The molecule has 110 valence electrons. The Morgan fingerprint density at radius 2 is 1.86 bits per heavy atom. The van der Waals surface area contributed by atoms with Gasteiger partial charge in [-0.2, -0.15) is 0 Å². The molecular weight excluding hydrogens is 292 g/mol. The lowest BCUT2D eigenvalue weighted by Gasteiger charge is -2.32. The van der Waals surface area contributed by atoms with Gasteiger partial charge in [-0.3, -0.25) is 0 Å². The minimum absolute atomic E-state index is 0.0541. The fraction of sp³-hybridized carbons (Fsp3) is 0.294. The van der Waals surface area contributed by atoms with Gasteiger partial charge in [0.2, 0.25) is 0 Å². The highest BCUT2D eigenvalue weighted by Crippen LogP contribution is 2.42. The average molecular weight is 308 g/mol. The van der Waals surface area contributed by atoms with Crippen molar-refractivity contribution in [2.75, 3.05) is 7.05 Å². The average Bonchev–Trinajstić information content (AvgIpc) is 2.49. The summed E-state index contributed by atoms with van der Waals surface area (Å²) in [7, 11) is 1.91. The molecule has 2 aromatic rings. The fourth-order valence-corrected chi connectivity index (χ4v) is 3.37. The summed E-state index contributed by atoms with van der Waals surface area (Å²) in [5, 5.41) is 3.38. The second kappa shape index (κ2) is 5.74. The molecule has 0 aliphatic heterocycles. The Hall–Kier alpha value is -1.45. The third kappa shape index (κ3) is 2.68. The third-order valence-corrected chi connectivity index (χ3v) is 4.53. The lowest BCUT2D eigenvalue weighted by atomic mass is 9.76. The van der Waals surface area contributed by atoms with Gasteiger partial charge >= 0.3 is 0 Å². The SMILES string of the molecule is CN[C@H]1CC[C@@H](c2ccc(F)c(Cl)c2)c2cc(F)ccc21. The summed E-state index contributed by atoms with van der Waals surface area (Å²) in [5.41, 5.74) is 3.00.